The summed E-state index contributed by atoms with van der Waals surface area (Å²) in [7, 11) is 0. The lowest BCUT2D eigenvalue weighted by molar-refractivity contribution is 0.745. The molecule has 0 saturated carbocycles. The predicted octanol–water partition coefficient (Wildman–Crippen LogP) is 2.19. The third-order valence-corrected chi connectivity index (χ3v) is 2.49. The van der Waals surface area contributed by atoms with Gasteiger partial charge in [0.25, 0.3) is 0 Å². The Morgan fingerprint density at radius 1 is 1.73 bits per heavy atom. The van der Waals surface area contributed by atoms with Gasteiger partial charge in [-0.05, 0) is 36.5 Å². The second-order valence-electron chi connectivity index (χ2n) is 3.06. The van der Waals surface area contributed by atoms with Crippen LogP contribution in [0.4, 0.5) is 0 Å². The third-order valence-electron chi connectivity index (χ3n) is 2.29. The fourth-order valence-electron chi connectivity index (χ4n) is 1.59. The van der Waals surface area contributed by atoms with Crippen molar-refractivity contribution in [3.8, 4) is 0 Å². The van der Waals surface area contributed by atoms with Crippen molar-refractivity contribution >= 4 is 12.2 Å². The number of hydrogen-bond acceptors (Lipinski definition) is 2. The van der Waals surface area contributed by atoms with E-state index >= 15 is 0 Å². The van der Waals surface area contributed by atoms with Crippen LogP contribution >= 0.6 is 12.2 Å². The van der Waals surface area contributed by atoms with Gasteiger partial charge >= 0.3 is 0 Å². The molecule has 2 nitrogen and oxygen atoms in total. The van der Waals surface area contributed by atoms with Gasteiger partial charge in [-0.25, -0.2) is 4.98 Å². The standard InChI is InChI=1S/C8H10N2S/c1-5-2-3-7-6(5)4-9-8(11)10-7/h4-5H,2-3H2,1H3,(H,9,10,11)/t5-/m1/s1. The van der Waals surface area contributed by atoms with Crippen molar-refractivity contribution < 1.29 is 0 Å². The summed E-state index contributed by atoms with van der Waals surface area (Å²) in [6.45, 7) is 2.23. The van der Waals surface area contributed by atoms with Crippen LogP contribution in [0.15, 0.2) is 6.20 Å². The zero-order chi connectivity index (χ0) is 7.84. The van der Waals surface area contributed by atoms with E-state index in [4.69, 9.17) is 12.2 Å². The molecule has 0 fully saturated rings. The Balaban J connectivity index is 2.59. The fourth-order valence-corrected chi connectivity index (χ4v) is 1.76. The second kappa shape index (κ2) is 2.41. The van der Waals surface area contributed by atoms with Crippen LogP contribution in [-0.2, 0) is 6.42 Å². The van der Waals surface area contributed by atoms with Crippen molar-refractivity contribution in [2.75, 3.05) is 0 Å². The van der Waals surface area contributed by atoms with Gasteiger partial charge in [-0.2, -0.15) is 0 Å². The zero-order valence-electron chi connectivity index (χ0n) is 6.42. The van der Waals surface area contributed by atoms with Crippen LogP contribution in [0.3, 0.4) is 0 Å². The highest BCUT2D eigenvalue weighted by Gasteiger charge is 2.18. The van der Waals surface area contributed by atoms with Crippen molar-refractivity contribution in [1.29, 1.82) is 0 Å². The summed E-state index contributed by atoms with van der Waals surface area (Å²) in [4.78, 5) is 7.18. The van der Waals surface area contributed by atoms with E-state index in [1.807, 2.05) is 6.20 Å². The number of aryl methyl sites for hydroxylation is 1. The summed E-state index contributed by atoms with van der Waals surface area (Å²) in [6.07, 6.45) is 4.26. The van der Waals surface area contributed by atoms with Gasteiger partial charge < -0.3 is 4.98 Å². The van der Waals surface area contributed by atoms with Gasteiger partial charge in [-0.3, -0.25) is 0 Å². The molecule has 1 aromatic rings. The Hall–Kier alpha value is -0.700. The Labute approximate surface area is 70.7 Å². The van der Waals surface area contributed by atoms with Gasteiger partial charge in [0.15, 0.2) is 4.77 Å². The first-order valence-corrected chi connectivity index (χ1v) is 4.26. The van der Waals surface area contributed by atoms with Gasteiger partial charge in [-0.15, -0.1) is 0 Å². The smallest absolute Gasteiger partial charge is 0.196 e. The molecule has 0 radical (unpaired) electrons. The Bertz CT molecular complexity index is 329. The lowest BCUT2D eigenvalue weighted by Crippen LogP contribution is -1.92. The molecule has 1 N–H and O–H groups in total. The molecule has 11 heavy (non-hydrogen) atoms. The molecule has 1 aliphatic rings. The van der Waals surface area contributed by atoms with Crippen LogP contribution in [0.2, 0.25) is 0 Å². The molecule has 0 aromatic carbocycles. The van der Waals surface area contributed by atoms with Crippen LogP contribution in [0.5, 0.6) is 0 Å². The second-order valence-corrected chi connectivity index (χ2v) is 3.45. The number of fused-ring (bicyclic) bond motifs is 1. The van der Waals surface area contributed by atoms with Gasteiger partial charge in [0.05, 0.1) is 0 Å². The maximum absolute atomic E-state index is 4.93. The van der Waals surface area contributed by atoms with E-state index < -0.39 is 0 Å². The predicted molar refractivity (Wildman–Crippen MR) is 46.2 cm³/mol. The van der Waals surface area contributed by atoms with E-state index in [1.54, 1.807) is 0 Å². The summed E-state index contributed by atoms with van der Waals surface area (Å²) >= 11 is 4.93. The maximum Gasteiger partial charge on any atom is 0.196 e. The van der Waals surface area contributed by atoms with Crippen molar-refractivity contribution in [3.05, 3.63) is 22.2 Å². The maximum atomic E-state index is 4.93. The molecule has 0 bridgehead atoms. The van der Waals surface area contributed by atoms with Crippen LogP contribution in [0, 0.1) is 4.77 Å². The largest absolute Gasteiger partial charge is 0.334 e. The molecule has 0 amide bonds. The Kier molecular flexibility index (Phi) is 1.53. The highest BCUT2D eigenvalue weighted by Crippen LogP contribution is 2.29. The molecule has 1 aromatic heterocycles. The average molecular weight is 166 g/mol. The van der Waals surface area contributed by atoms with Gasteiger partial charge in [0, 0.05) is 11.9 Å². The molecule has 58 valence electrons. The Morgan fingerprint density at radius 2 is 2.55 bits per heavy atom. The summed E-state index contributed by atoms with van der Waals surface area (Å²) in [5, 5.41) is 0. The molecule has 1 aliphatic carbocycles. The van der Waals surface area contributed by atoms with E-state index in [0.717, 1.165) is 6.42 Å². The van der Waals surface area contributed by atoms with E-state index in [9.17, 15) is 0 Å². The summed E-state index contributed by atoms with van der Waals surface area (Å²) < 4.78 is 0.609. The van der Waals surface area contributed by atoms with Crippen molar-refractivity contribution in [1.82, 2.24) is 9.97 Å². The molecule has 2 rings (SSSR count). The minimum Gasteiger partial charge on any atom is -0.334 e. The lowest BCUT2D eigenvalue weighted by Gasteiger charge is -2.00. The van der Waals surface area contributed by atoms with Gasteiger partial charge in [-0.1, -0.05) is 6.92 Å². The van der Waals surface area contributed by atoms with Crippen LogP contribution in [0.25, 0.3) is 0 Å². The molecule has 1 atom stereocenters. The first-order chi connectivity index (χ1) is 5.27. The van der Waals surface area contributed by atoms with Gasteiger partial charge in [0.1, 0.15) is 0 Å². The van der Waals surface area contributed by atoms with Crippen LogP contribution in [0.1, 0.15) is 30.5 Å². The van der Waals surface area contributed by atoms with Crippen LogP contribution < -0.4 is 0 Å². The molecular weight excluding hydrogens is 156 g/mol. The Morgan fingerprint density at radius 3 is 3.36 bits per heavy atom. The molecule has 0 aliphatic heterocycles. The summed E-state index contributed by atoms with van der Waals surface area (Å²) in [5.74, 6) is 0.657. The topological polar surface area (TPSA) is 28.7 Å². The third kappa shape index (κ3) is 1.09. The molecule has 0 saturated heterocycles. The number of H-pyrrole nitrogens is 1. The SMILES string of the molecule is C[C@@H]1CCc2[nH]c(=S)ncc21. The number of hydrogen-bond donors (Lipinski definition) is 1. The number of nitrogens with zero attached hydrogens (tertiary/aromatic N) is 1. The lowest BCUT2D eigenvalue weighted by atomic mass is 10.1. The van der Waals surface area contributed by atoms with Crippen LogP contribution in [-0.4, -0.2) is 9.97 Å². The number of aromatic nitrogens is 2. The van der Waals surface area contributed by atoms with Crippen molar-refractivity contribution in [2.45, 2.75) is 25.7 Å². The highest BCUT2D eigenvalue weighted by atomic mass is 32.1. The summed E-state index contributed by atoms with van der Waals surface area (Å²) in [5.41, 5.74) is 2.64. The number of rotatable bonds is 0. The number of aromatic amines is 1. The van der Waals surface area contributed by atoms with E-state index in [2.05, 4.69) is 16.9 Å². The zero-order valence-corrected chi connectivity index (χ0v) is 7.24. The van der Waals surface area contributed by atoms with E-state index in [-0.39, 0.29) is 0 Å². The normalized spacial score (nSPS) is 21.7. The first kappa shape index (κ1) is 6.98. The molecule has 0 spiro atoms. The van der Waals surface area contributed by atoms with Crippen molar-refractivity contribution in [2.24, 2.45) is 0 Å². The summed E-state index contributed by atoms with van der Waals surface area (Å²) in [6, 6.07) is 0. The molecule has 1 heterocycles. The minimum absolute atomic E-state index is 0.609. The van der Waals surface area contributed by atoms with Crippen molar-refractivity contribution in [3.63, 3.8) is 0 Å². The first-order valence-electron chi connectivity index (χ1n) is 3.85. The molecule has 0 unspecified atom stereocenters. The highest BCUT2D eigenvalue weighted by molar-refractivity contribution is 7.71. The van der Waals surface area contributed by atoms with E-state index in [1.165, 1.54) is 17.7 Å². The van der Waals surface area contributed by atoms with E-state index in [0.29, 0.717) is 10.7 Å². The fraction of sp³-hybridized carbons (Fsp3) is 0.500. The minimum atomic E-state index is 0.609. The average Bonchev–Trinajstić information content (AvgIpc) is 2.32. The number of nitrogens with one attached hydrogen (secondary N) is 1. The van der Waals surface area contributed by atoms with Gasteiger partial charge in [0.2, 0.25) is 0 Å². The monoisotopic (exact) mass is 166 g/mol. The molecule has 3 heteroatoms. The quantitative estimate of drug-likeness (QED) is 0.598. The molecular formula is C8H10N2S.